The summed E-state index contributed by atoms with van der Waals surface area (Å²) in [4.78, 5) is 0. The van der Waals surface area contributed by atoms with Crippen LogP contribution in [-0.2, 0) is 6.42 Å². The van der Waals surface area contributed by atoms with Gasteiger partial charge in [-0.1, -0.05) is 41.4 Å². The molecule has 1 unspecified atom stereocenters. The van der Waals surface area contributed by atoms with Crippen LogP contribution in [-0.4, -0.2) is 0 Å². The van der Waals surface area contributed by atoms with Crippen LogP contribution in [0.25, 0.3) is 0 Å². The highest BCUT2D eigenvalue weighted by molar-refractivity contribution is 6.31. The molecule has 0 aliphatic rings. The first-order valence-electron chi connectivity index (χ1n) is 5.51. The lowest BCUT2D eigenvalue weighted by Crippen LogP contribution is -2.13. The van der Waals surface area contributed by atoms with Crippen molar-refractivity contribution < 1.29 is 4.39 Å². The maximum Gasteiger partial charge on any atom is 0.141 e. The van der Waals surface area contributed by atoms with Gasteiger partial charge in [0.15, 0.2) is 0 Å². The molecule has 18 heavy (non-hydrogen) atoms. The quantitative estimate of drug-likeness (QED) is 0.889. The smallest absolute Gasteiger partial charge is 0.141 e. The Hall–Kier alpha value is -1.09. The van der Waals surface area contributed by atoms with E-state index >= 15 is 0 Å². The van der Waals surface area contributed by atoms with Crippen molar-refractivity contribution in [1.82, 2.24) is 0 Å². The van der Waals surface area contributed by atoms with Crippen molar-refractivity contribution >= 4 is 23.2 Å². The van der Waals surface area contributed by atoms with Gasteiger partial charge in [-0.3, -0.25) is 0 Å². The third-order valence-electron chi connectivity index (χ3n) is 2.72. The summed E-state index contributed by atoms with van der Waals surface area (Å²) in [5.74, 6) is -0.420. The Morgan fingerprint density at radius 1 is 1.11 bits per heavy atom. The average Bonchev–Trinajstić information content (AvgIpc) is 2.34. The summed E-state index contributed by atoms with van der Waals surface area (Å²) in [5.41, 5.74) is 7.93. The van der Waals surface area contributed by atoms with Crippen LogP contribution >= 0.6 is 23.2 Å². The fourth-order valence-corrected chi connectivity index (χ4v) is 2.18. The number of hydrogen-bond donors (Lipinski definition) is 1. The van der Waals surface area contributed by atoms with Gasteiger partial charge < -0.3 is 5.73 Å². The van der Waals surface area contributed by atoms with Crippen molar-refractivity contribution in [2.24, 2.45) is 5.73 Å². The minimum absolute atomic E-state index is 0.116. The molecular formula is C14H12Cl2FN. The van der Waals surface area contributed by atoms with Gasteiger partial charge in [-0.05, 0) is 41.8 Å². The summed E-state index contributed by atoms with van der Waals surface area (Å²) < 4.78 is 13.0. The van der Waals surface area contributed by atoms with Crippen LogP contribution in [0.1, 0.15) is 17.2 Å². The second kappa shape index (κ2) is 5.70. The van der Waals surface area contributed by atoms with Gasteiger partial charge in [-0.25, -0.2) is 4.39 Å². The van der Waals surface area contributed by atoms with E-state index < -0.39 is 5.82 Å². The molecule has 1 nitrogen and oxygen atoms in total. The largest absolute Gasteiger partial charge is 0.324 e. The Kier molecular flexibility index (Phi) is 4.23. The van der Waals surface area contributed by atoms with E-state index in [9.17, 15) is 4.39 Å². The van der Waals surface area contributed by atoms with E-state index in [2.05, 4.69) is 0 Å². The van der Waals surface area contributed by atoms with Crippen molar-refractivity contribution in [3.05, 3.63) is 69.5 Å². The summed E-state index contributed by atoms with van der Waals surface area (Å²) in [7, 11) is 0. The summed E-state index contributed by atoms with van der Waals surface area (Å²) in [6.07, 6.45) is 0.584. The molecule has 2 aromatic carbocycles. The van der Waals surface area contributed by atoms with Crippen LogP contribution in [0, 0.1) is 5.82 Å². The van der Waals surface area contributed by atoms with E-state index in [4.69, 9.17) is 28.9 Å². The minimum atomic E-state index is -0.420. The first-order chi connectivity index (χ1) is 8.56. The zero-order chi connectivity index (χ0) is 13.1. The lowest BCUT2D eigenvalue weighted by atomic mass is 10.00. The number of nitrogens with two attached hydrogens (primary N) is 1. The van der Waals surface area contributed by atoms with Gasteiger partial charge in [0, 0.05) is 11.1 Å². The average molecular weight is 284 g/mol. The highest BCUT2D eigenvalue weighted by Gasteiger charge is 2.09. The number of halogens is 3. The molecule has 0 saturated heterocycles. The summed E-state index contributed by atoms with van der Waals surface area (Å²) in [6, 6.07) is 11.8. The first-order valence-corrected chi connectivity index (χ1v) is 6.27. The van der Waals surface area contributed by atoms with Gasteiger partial charge in [-0.15, -0.1) is 0 Å². The van der Waals surface area contributed by atoms with Gasteiger partial charge in [0.25, 0.3) is 0 Å². The third kappa shape index (κ3) is 3.22. The molecule has 4 heteroatoms. The molecule has 0 radical (unpaired) electrons. The van der Waals surface area contributed by atoms with Crippen LogP contribution in [0.5, 0.6) is 0 Å². The molecule has 0 aromatic heterocycles. The van der Waals surface area contributed by atoms with Gasteiger partial charge in [0.05, 0.1) is 5.02 Å². The molecule has 0 heterocycles. The third-order valence-corrected chi connectivity index (χ3v) is 3.24. The van der Waals surface area contributed by atoms with Crippen molar-refractivity contribution in [1.29, 1.82) is 0 Å². The molecule has 1 atom stereocenters. The second-order valence-corrected chi connectivity index (χ2v) is 4.96. The fourth-order valence-electron chi connectivity index (χ4n) is 1.78. The highest BCUT2D eigenvalue weighted by Crippen LogP contribution is 2.22. The molecule has 0 saturated carbocycles. The van der Waals surface area contributed by atoms with Crippen LogP contribution in [0.3, 0.4) is 0 Å². The Bertz CT molecular complexity index is 557. The molecule has 0 aliphatic heterocycles. The van der Waals surface area contributed by atoms with Crippen molar-refractivity contribution in [3.8, 4) is 0 Å². The van der Waals surface area contributed by atoms with Gasteiger partial charge in [0.2, 0.25) is 0 Å². The predicted octanol–water partition coefficient (Wildman–Crippen LogP) is 4.38. The Labute approximate surface area is 115 Å². The summed E-state index contributed by atoms with van der Waals surface area (Å²) in [5, 5.41) is 0.769. The van der Waals surface area contributed by atoms with Gasteiger partial charge in [-0.2, -0.15) is 0 Å². The lowest BCUT2D eigenvalue weighted by molar-refractivity contribution is 0.626. The van der Waals surface area contributed by atoms with Crippen molar-refractivity contribution in [2.45, 2.75) is 12.5 Å². The molecule has 0 aliphatic carbocycles. The Morgan fingerprint density at radius 3 is 2.56 bits per heavy atom. The number of benzene rings is 2. The Morgan fingerprint density at radius 2 is 1.89 bits per heavy atom. The van der Waals surface area contributed by atoms with Crippen molar-refractivity contribution in [2.75, 3.05) is 0 Å². The van der Waals surface area contributed by atoms with Crippen LogP contribution < -0.4 is 5.73 Å². The van der Waals surface area contributed by atoms with Gasteiger partial charge >= 0.3 is 0 Å². The van der Waals surface area contributed by atoms with Crippen LogP contribution in [0.15, 0.2) is 42.5 Å². The molecule has 94 valence electrons. The van der Waals surface area contributed by atoms with Crippen molar-refractivity contribution in [3.63, 3.8) is 0 Å². The molecule has 2 N–H and O–H groups in total. The SMILES string of the molecule is NC(Cc1ccc(F)c(Cl)c1)c1cccc(Cl)c1. The normalized spacial score (nSPS) is 12.4. The lowest BCUT2D eigenvalue weighted by Gasteiger charge is -2.12. The molecule has 0 amide bonds. The maximum atomic E-state index is 13.0. The number of hydrogen-bond acceptors (Lipinski definition) is 1. The first kappa shape index (κ1) is 13.3. The number of rotatable bonds is 3. The fraction of sp³-hybridized carbons (Fsp3) is 0.143. The zero-order valence-electron chi connectivity index (χ0n) is 9.54. The Balaban J connectivity index is 2.16. The predicted molar refractivity (Wildman–Crippen MR) is 73.5 cm³/mol. The zero-order valence-corrected chi connectivity index (χ0v) is 11.0. The molecule has 0 bridgehead atoms. The monoisotopic (exact) mass is 283 g/mol. The topological polar surface area (TPSA) is 26.0 Å². The van der Waals surface area contributed by atoms with Gasteiger partial charge in [0.1, 0.15) is 5.82 Å². The molecule has 2 rings (SSSR count). The highest BCUT2D eigenvalue weighted by atomic mass is 35.5. The molecular weight excluding hydrogens is 272 g/mol. The summed E-state index contributed by atoms with van der Waals surface area (Å²) >= 11 is 11.6. The molecule has 0 spiro atoms. The van der Waals surface area contributed by atoms with E-state index in [-0.39, 0.29) is 11.1 Å². The van der Waals surface area contributed by atoms with E-state index in [1.807, 2.05) is 18.2 Å². The second-order valence-electron chi connectivity index (χ2n) is 4.11. The maximum absolute atomic E-state index is 13.0. The summed E-state index contributed by atoms with van der Waals surface area (Å²) in [6.45, 7) is 0. The standard InChI is InChI=1S/C14H12Cl2FN/c15-11-3-1-2-10(8-11)14(18)7-9-4-5-13(17)12(16)6-9/h1-6,8,14H,7,18H2. The van der Waals surface area contributed by atoms with Crippen LogP contribution in [0.4, 0.5) is 4.39 Å². The van der Waals surface area contributed by atoms with E-state index in [1.165, 1.54) is 6.07 Å². The van der Waals surface area contributed by atoms with Crippen LogP contribution in [0.2, 0.25) is 10.0 Å². The van der Waals surface area contributed by atoms with E-state index in [0.717, 1.165) is 11.1 Å². The van der Waals surface area contributed by atoms with E-state index in [0.29, 0.717) is 11.4 Å². The molecule has 0 fully saturated rings. The minimum Gasteiger partial charge on any atom is -0.324 e. The van der Waals surface area contributed by atoms with E-state index in [1.54, 1.807) is 18.2 Å². The molecule has 2 aromatic rings.